The number of H-pyrrole nitrogens is 1. The van der Waals surface area contributed by atoms with E-state index in [2.05, 4.69) is 27.9 Å². The van der Waals surface area contributed by atoms with Gasteiger partial charge in [0.25, 0.3) is 0 Å². The fraction of sp³-hybridized carbons (Fsp3) is 0.333. The van der Waals surface area contributed by atoms with Crippen molar-refractivity contribution >= 4 is 23.3 Å². The van der Waals surface area contributed by atoms with E-state index in [0.717, 1.165) is 47.5 Å². The number of imidazole rings is 1. The Labute approximate surface area is 157 Å². The minimum atomic E-state index is -0.211. The van der Waals surface area contributed by atoms with Gasteiger partial charge in [-0.15, -0.1) is 0 Å². The molecule has 0 aliphatic carbocycles. The van der Waals surface area contributed by atoms with Crippen LogP contribution in [0.3, 0.4) is 0 Å². The van der Waals surface area contributed by atoms with E-state index in [1.54, 1.807) is 12.1 Å². The van der Waals surface area contributed by atoms with Gasteiger partial charge in [-0.1, -0.05) is 18.2 Å². The number of hydrogen-bond donors (Lipinski definition) is 1. The normalized spacial score (nSPS) is 17.8. The summed E-state index contributed by atoms with van der Waals surface area (Å²) in [5.74, 6) is 0.749. The molecule has 0 amide bonds. The van der Waals surface area contributed by atoms with Crippen LogP contribution in [0.5, 0.6) is 0 Å². The lowest BCUT2D eigenvalue weighted by molar-refractivity contribution is -0.106. The number of rotatable bonds is 2. The van der Waals surface area contributed by atoms with Crippen LogP contribution in [0.1, 0.15) is 6.92 Å². The maximum Gasteiger partial charge on any atom is 0.203 e. The largest absolute Gasteiger partial charge is 0.341 e. The van der Waals surface area contributed by atoms with Crippen LogP contribution >= 0.6 is 0 Å². The van der Waals surface area contributed by atoms with Crippen molar-refractivity contribution in [2.24, 2.45) is 5.41 Å². The molecule has 1 aromatic heterocycles. The topological polar surface area (TPSA) is 52.2 Å². The number of aromatic nitrogens is 2. The summed E-state index contributed by atoms with van der Waals surface area (Å²) in [6.07, 6.45) is 0.750. The van der Waals surface area contributed by atoms with E-state index < -0.39 is 0 Å². The molecule has 0 saturated carbocycles. The van der Waals surface area contributed by atoms with Gasteiger partial charge in [0.15, 0.2) is 0 Å². The fourth-order valence-corrected chi connectivity index (χ4v) is 4.18. The summed E-state index contributed by atoms with van der Waals surface area (Å²) in [7, 11) is 2.17. The number of nitrogens with one attached hydrogen (secondary N) is 1. The Morgan fingerprint density at radius 3 is 2.33 bits per heavy atom. The maximum absolute atomic E-state index is 13.1. The molecular formula is C21H23FN4O. The number of aromatic amines is 1. The number of hydrogen-bond acceptors (Lipinski definition) is 4. The van der Waals surface area contributed by atoms with Crippen molar-refractivity contribution in [1.29, 1.82) is 0 Å². The van der Waals surface area contributed by atoms with E-state index in [1.165, 1.54) is 32.1 Å². The highest BCUT2D eigenvalue weighted by Crippen LogP contribution is 2.40. The first kappa shape index (κ1) is 17.7. The number of nitrogens with zero attached hydrogens (tertiary/aromatic N) is 3. The second kappa shape index (κ2) is 6.78. The third-order valence-electron chi connectivity index (χ3n) is 5.21. The minimum absolute atomic E-state index is 0.211. The predicted octanol–water partition coefficient (Wildman–Crippen LogP) is 3.33. The Bertz CT molecular complexity index is 952. The van der Waals surface area contributed by atoms with Gasteiger partial charge in [0.2, 0.25) is 5.95 Å². The fourth-order valence-electron chi connectivity index (χ4n) is 4.18. The molecule has 2 aliphatic rings. The zero-order valence-electron chi connectivity index (χ0n) is 15.6. The van der Waals surface area contributed by atoms with Gasteiger partial charge in [0.1, 0.15) is 12.1 Å². The highest BCUT2D eigenvalue weighted by molar-refractivity contribution is 5.83. The summed E-state index contributed by atoms with van der Waals surface area (Å²) in [5.41, 5.74) is 4.57. The molecule has 6 heteroatoms. The van der Waals surface area contributed by atoms with Crippen molar-refractivity contribution in [1.82, 2.24) is 14.9 Å². The molecule has 2 fully saturated rings. The highest BCUT2D eigenvalue weighted by Gasteiger charge is 2.51. The Morgan fingerprint density at radius 2 is 1.70 bits per heavy atom. The summed E-state index contributed by atoms with van der Waals surface area (Å²) in [5, 5.41) is 0. The van der Waals surface area contributed by atoms with Crippen LogP contribution in [-0.4, -0.2) is 54.4 Å². The number of carbonyl (C=O) groups is 1. The van der Waals surface area contributed by atoms with E-state index in [1.807, 2.05) is 12.1 Å². The van der Waals surface area contributed by atoms with E-state index in [4.69, 9.17) is 9.78 Å². The second-order valence-corrected chi connectivity index (χ2v) is 7.56. The molecule has 5 rings (SSSR count). The molecule has 27 heavy (non-hydrogen) atoms. The van der Waals surface area contributed by atoms with Crippen molar-refractivity contribution in [3.8, 4) is 11.1 Å². The number of anilines is 1. The molecule has 3 aromatic rings. The van der Waals surface area contributed by atoms with Crippen molar-refractivity contribution in [2.45, 2.75) is 6.92 Å². The number of aldehydes is 1. The van der Waals surface area contributed by atoms with Gasteiger partial charge in [0.05, 0.1) is 11.0 Å². The molecule has 3 heterocycles. The molecule has 0 atom stereocenters. The molecule has 1 N–H and O–H groups in total. The molecule has 2 aromatic carbocycles. The van der Waals surface area contributed by atoms with Crippen LogP contribution in [0.15, 0.2) is 42.5 Å². The van der Waals surface area contributed by atoms with Crippen molar-refractivity contribution in [2.75, 3.05) is 38.1 Å². The van der Waals surface area contributed by atoms with Crippen LogP contribution in [0.2, 0.25) is 0 Å². The van der Waals surface area contributed by atoms with E-state index in [9.17, 15) is 4.39 Å². The third-order valence-corrected chi connectivity index (χ3v) is 5.21. The zero-order chi connectivity index (χ0) is 19.0. The number of likely N-dealkylation sites (tertiary alicyclic amines) is 1. The van der Waals surface area contributed by atoms with Gasteiger partial charge in [-0.05, 0) is 49.4 Å². The van der Waals surface area contributed by atoms with Crippen molar-refractivity contribution in [3.63, 3.8) is 0 Å². The molecule has 2 saturated heterocycles. The van der Waals surface area contributed by atoms with Gasteiger partial charge in [-0.3, -0.25) is 0 Å². The predicted molar refractivity (Wildman–Crippen MR) is 105 cm³/mol. The SMILES string of the molecule is CC=O.CN1CC2(C1)CN(c1nc3ccc(-c4ccc(F)cc4)cc3[nH]1)C2. The smallest absolute Gasteiger partial charge is 0.203 e. The lowest BCUT2D eigenvalue weighted by atomic mass is 9.73. The molecule has 0 bridgehead atoms. The van der Waals surface area contributed by atoms with E-state index in [0.29, 0.717) is 5.41 Å². The number of halogens is 1. The molecule has 140 valence electrons. The number of carbonyl (C=O) groups excluding carboxylic acids is 1. The average molecular weight is 366 g/mol. The summed E-state index contributed by atoms with van der Waals surface area (Å²) < 4.78 is 13.1. The summed E-state index contributed by atoms with van der Waals surface area (Å²) >= 11 is 0. The average Bonchev–Trinajstić information content (AvgIpc) is 3.00. The molecule has 2 aliphatic heterocycles. The summed E-state index contributed by atoms with van der Waals surface area (Å²) in [4.78, 5) is 21.7. The first-order valence-corrected chi connectivity index (χ1v) is 9.11. The van der Waals surface area contributed by atoms with Gasteiger partial charge in [0, 0.05) is 31.6 Å². The number of benzene rings is 2. The Morgan fingerprint density at radius 1 is 1.07 bits per heavy atom. The molecular weight excluding hydrogens is 343 g/mol. The Balaban J connectivity index is 0.000000565. The van der Waals surface area contributed by atoms with E-state index >= 15 is 0 Å². The Kier molecular flexibility index (Phi) is 4.44. The van der Waals surface area contributed by atoms with Gasteiger partial charge < -0.3 is 19.6 Å². The van der Waals surface area contributed by atoms with Gasteiger partial charge in [-0.25, -0.2) is 9.37 Å². The number of fused-ring (bicyclic) bond motifs is 1. The highest BCUT2D eigenvalue weighted by atomic mass is 19.1. The van der Waals surface area contributed by atoms with Crippen LogP contribution < -0.4 is 4.90 Å². The van der Waals surface area contributed by atoms with Crippen LogP contribution in [-0.2, 0) is 4.79 Å². The van der Waals surface area contributed by atoms with Crippen molar-refractivity contribution in [3.05, 3.63) is 48.3 Å². The first-order chi connectivity index (χ1) is 13.0. The zero-order valence-corrected chi connectivity index (χ0v) is 15.6. The summed E-state index contributed by atoms with van der Waals surface area (Å²) in [6.45, 7) is 6.00. The van der Waals surface area contributed by atoms with Crippen LogP contribution in [0.25, 0.3) is 22.2 Å². The van der Waals surface area contributed by atoms with Crippen molar-refractivity contribution < 1.29 is 9.18 Å². The van der Waals surface area contributed by atoms with E-state index in [-0.39, 0.29) is 5.82 Å². The first-order valence-electron chi connectivity index (χ1n) is 9.11. The third kappa shape index (κ3) is 3.32. The van der Waals surface area contributed by atoms with Crippen LogP contribution in [0, 0.1) is 11.2 Å². The standard InChI is InChI=1S/C19H19FN4.C2H4O/c1-23-9-19(10-23)11-24(12-19)18-21-16-7-4-14(8-17(16)22-18)13-2-5-15(20)6-3-13;1-2-3/h2-8H,9-12H2,1H3,(H,21,22);2H,1H3. The molecule has 0 radical (unpaired) electrons. The lowest BCUT2D eigenvalue weighted by Crippen LogP contribution is -2.71. The molecule has 1 spiro atoms. The molecule has 0 unspecified atom stereocenters. The molecule has 5 nitrogen and oxygen atoms in total. The van der Waals surface area contributed by atoms with Gasteiger partial charge in [-0.2, -0.15) is 0 Å². The monoisotopic (exact) mass is 366 g/mol. The summed E-state index contributed by atoms with van der Waals surface area (Å²) in [6, 6.07) is 12.8. The minimum Gasteiger partial charge on any atom is -0.341 e. The van der Waals surface area contributed by atoms with Crippen LogP contribution in [0.4, 0.5) is 10.3 Å². The lowest BCUT2D eigenvalue weighted by Gasteiger charge is -2.59. The van der Waals surface area contributed by atoms with Gasteiger partial charge >= 0.3 is 0 Å². The quantitative estimate of drug-likeness (QED) is 0.707. The Hall–Kier alpha value is -2.73. The maximum atomic E-state index is 13.1. The second-order valence-electron chi connectivity index (χ2n) is 7.56.